The van der Waals surface area contributed by atoms with Gasteiger partial charge in [-0.25, -0.2) is 0 Å². The molecule has 1 saturated heterocycles. The van der Waals surface area contributed by atoms with Crippen molar-refractivity contribution in [2.45, 2.75) is 19.8 Å². The van der Waals surface area contributed by atoms with Crippen LogP contribution in [0.4, 0.5) is 5.69 Å². The van der Waals surface area contributed by atoms with Crippen LogP contribution in [-0.4, -0.2) is 28.8 Å². The Morgan fingerprint density at radius 2 is 1.93 bits per heavy atom. The van der Waals surface area contributed by atoms with Gasteiger partial charge in [0.05, 0.1) is 5.92 Å². The SMILES string of the molecule is CCc1ccc(N2CC(C(=O)NNC(=O)c3cc(Br)cn3C)CC2=O)cc1. The van der Waals surface area contributed by atoms with Crippen molar-refractivity contribution in [2.24, 2.45) is 13.0 Å². The number of nitrogens with zero attached hydrogens (tertiary/aromatic N) is 2. The molecule has 3 rings (SSSR count). The third-order valence-corrected chi connectivity index (χ3v) is 5.09. The van der Waals surface area contributed by atoms with E-state index in [1.807, 2.05) is 24.3 Å². The normalized spacial score (nSPS) is 16.5. The minimum Gasteiger partial charge on any atom is -0.345 e. The van der Waals surface area contributed by atoms with E-state index < -0.39 is 11.8 Å². The topological polar surface area (TPSA) is 83.4 Å². The van der Waals surface area contributed by atoms with Gasteiger partial charge >= 0.3 is 0 Å². The number of aromatic nitrogens is 1. The Hall–Kier alpha value is -2.61. The van der Waals surface area contributed by atoms with Crippen LogP contribution in [0, 0.1) is 5.92 Å². The molecule has 3 amide bonds. The van der Waals surface area contributed by atoms with Crippen LogP contribution in [0.1, 0.15) is 29.4 Å². The minimum atomic E-state index is -0.510. The van der Waals surface area contributed by atoms with E-state index in [1.165, 1.54) is 5.56 Å². The summed E-state index contributed by atoms with van der Waals surface area (Å²) >= 11 is 3.30. The largest absolute Gasteiger partial charge is 0.345 e. The van der Waals surface area contributed by atoms with Gasteiger partial charge in [0.25, 0.3) is 5.91 Å². The van der Waals surface area contributed by atoms with E-state index in [0.717, 1.165) is 16.6 Å². The van der Waals surface area contributed by atoms with Gasteiger partial charge < -0.3 is 9.47 Å². The Balaban J connectivity index is 1.58. The number of halogens is 1. The first kappa shape index (κ1) is 19.2. The zero-order valence-corrected chi connectivity index (χ0v) is 16.7. The number of nitrogens with one attached hydrogen (secondary N) is 2. The molecule has 1 aliphatic rings. The number of hydrazine groups is 1. The summed E-state index contributed by atoms with van der Waals surface area (Å²) in [5.41, 5.74) is 7.21. The standard InChI is InChI=1S/C19H21BrN4O3/c1-3-12-4-6-15(7-5-12)24-10-13(8-17(24)25)18(26)21-22-19(27)16-9-14(20)11-23(16)2/h4-7,9,11,13H,3,8,10H2,1-2H3,(H,21,26)(H,22,27). The van der Waals surface area contributed by atoms with Crippen molar-refractivity contribution in [2.75, 3.05) is 11.4 Å². The van der Waals surface area contributed by atoms with Gasteiger partial charge in [-0.05, 0) is 46.1 Å². The number of benzene rings is 1. The number of aryl methyl sites for hydroxylation is 2. The van der Waals surface area contributed by atoms with E-state index in [-0.39, 0.29) is 18.2 Å². The molecule has 1 aliphatic heterocycles. The third kappa shape index (κ3) is 4.21. The Kier molecular flexibility index (Phi) is 5.65. The van der Waals surface area contributed by atoms with Gasteiger partial charge in [-0.2, -0.15) is 0 Å². The zero-order chi connectivity index (χ0) is 19.6. The highest BCUT2D eigenvalue weighted by molar-refractivity contribution is 9.10. The molecule has 2 N–H and O–H groups in total. The number of hydrogen-bond donors (Lipinski definition) is 2. The molecular formula is C19H21BrN4O3. The lowest BCUT2D eigenvalue weighted by Gasteiger charge is -2.17. The number of rotatable bonds is 4. The van der Waals surface area contributed by atoms with Gasteiger partial charge in [0.1, 0.15) is 5.69 Å². The van der Waals surface area contributed by atoms with Crippen LogP contribution < -0.4 is 15.8 Å². The first-order valence-corrected chi connectivity index (χ1v) is 9.49. The molecule has 1 aromatic carbocycles. The van der Waals surface area contributed by atoms with Crippen molar-refractivity contribution in [3.05, 3.63) is 52.3 Å². The Morgan fingerprint density at radius 3 is 2.52 bits per heavy atom. The molecule has 1 atom stereocenters. The lowest BCUT2D eigenvalue weighted by Crippen LogP contribution is -2.45. The van der Waals surface area contributed by atoms with Gasteiger partial charge in [0.15, 0.2) is 0 Å². The third-order valence-electron chi connectivity index (χ3n) is 4.66. The van der Waals surface area contributed by atoms with E-state index in [9.17, 15) is 14.4 Å². The van der Waals surface area contributed by atoms with Gasteiger partial charge in [-0.3, -0.25) is 25.2 Å². The first-order chi connectivity index (χ1) is 12.9. The van der Waals surface area contributed by atoms with Gasteiger partial charge in [0, 0.05) is 36.4 Å². The molecule has 8 heteroatoms. The zero-order valence-electron chi connectivity index (χ0n) is 15.2. The van der Waals surface area contributed by atoms with Crippen LogP contribution in [0.2, 0.25) is 0 Å². The van der Waals surface area contributed by atoms with Crippen molar-refractivity contribution in [1.29, 1.82) is 0 Å². The molecule has 142 valence electrons. The second kappa shape index (κ2) is 7.96. The summed E-state index contributed by atoms with van der Waals surface area (Å²) in [5, 5.41) is 0. The van der Waals surface area contributed by atoms with E-state index in [0.29, 0.717) is 12.2 Å². The Labute approximate surface area is 165 Å². The average molecular weight is 433 g/mol. The second-order valence-electron chi connectivity index (χ2n) is 6.52. The molecule has 0 spiro atoms. The highest BCUT2D eigenvalue weighted by atomic mass is 79.9. The van der Waals surface area contributed by atoms with Crippen LogP contribution in [0.25, 0.3) is 0 Å². The van der Waals surface area contributed by atoms with E-state index in [2.05, 4.69) is 33.7 Å². The molecule has 1 fully saturated rings. The Bertz CT molecular complexity index is 876. The summed E-state index contributed by atoms with van der Waals surface area (Å²) in [6.07, 6.45) is 2.79. The molecule has 1 unspecified atom stereocenters. The summed E-state index contributed by atoms with van der Waals surface area (Å²) in [6.45, 7) is 2.36. The molecule has 0 saturated carbocycles. The van der Waals surface area contributed by atoms with Crippen molar-refractivity contribution >= 4 is 39.3 Å². The maximum absolute atomic E-state index is 12.4. The monoisotopic (exact) mass is 432 g/mol. The Morgan fingerprint density at radius 1 is 1.22 bits per heavy atom. The molecular weight excluding hydrogens is 412 g/mol. The van der Waals surface area contributed by atoms with Crippen LogP contribution >= 0.6 is 15.9 Å². The maximum atomic E-state index is 12.4. The molecule has 0 radical (unpaired) electrons. The molecule has 7 nitrogen and oxygen atoms in total. The van der Waals surface area contributed by atoms with Gasteiger partial charge in [-0.15, -0.1) is 0 Å². The average Bonchev–Trinajstić information content (AvgIpc) is 3.21. The summed E-state index contributed by atoms with van der Waals surface area (Å²) in [5.74, 6) is -1.41. The molecule has 0 aliphatic carbocycles. The molecule has 1 aromatic heterocycles. The lowest BCUT2D eigenvalue weighted by molar-refractivity contribution is -0.126. The number of carbonyl (C=O) groups is 3. The maximum Gasteiger partial charge on any atom is 0.286 e. The minimum absolute atomic E-state index is 0.0999. The number of carbonyl (C=O) groups excluding carboxylic acids is 3. The summed E-state index contributed by atoms with van der Waals surface area (Å²) in [4.78, 5) is 38.4. The predicted molar refractivity (Wildman–Crippen MR) is 105 cm³/mol. The molecule has 2 heterocycles. The van der Waals surface area contributed by atoms with Crippen LogP contribution in [0.5, 0.6) is 0 Å². The molecule has 27 heavy (non-hydrogen) atoms. The quantitative estimate of drug-likeness (QED) is 0.726. The summed E-state index contributed by atoms with van der Waals surface area (Å²) in [6, 6.07) is 9.41. The summed E-state index contributed by atoms with van der Waals surface area (Å²) in [7, 11) is 1.73. The lowest BCUT2D eigenvalue weighted by atomic mass is 10.1. The van der Waals surface area contributed by atoms with Crippen molar-refractivity contribution in [3.63, 3.8) is 0 Å². The van der Waals surface area contributed by atoms with Crippen molar-refractivity contribution in [1.82, 2.24) is 15.4 Å². The summed E-state index contributed by atoms with van der Waals surface area (Å²) < 4.78 is 2.42. The van der Waals surface area contributed by atoms with Gasteiger partial charge in [-0.1, -0.05) is 19.1 Å². The van der Waals surface area contributed by atoms with E-state index in [4.69, 9.17) is 0 Å². The van der Waals surface area contributed by atoms with Crippen LogP contribution in [0.3, 0.4) is 0 Å². The number of hydrogen-bond acceptors (Lipinski definition) is 3. The van der Waals surface area contributed by atoms with Crippen molar-refractivity contribution in [3.8, 4) is 0 Å². The van der Waals surface area contributed by atoms with Gasteiger partial charge in [0.2, 0.25) is 11.8 Å². The fourth-order valence-corrected chi connectivity index (χ4v) is 3.60. The molecule has 2 aromatic rings. The smallest absolute Gasteiger partial charge is 0.286 e. The highest BCUT2D eigenvalue weighted by Crippen LogP contribution is 2.25. The van der Waals surface area contributed by atoms with Crippen LogP contribution in [0.15, 0.2) is 41.0 Å². The van der Waals surface area contributed by atoms with E-state index in [1.54, 1.807) is 28.8 Å². The first-order valence-electron chi connectivity index (χ1n) is 8.70. The fraction of sp³-hybridized carbons (Fsp3) is 0.316. The predicted octanol–water partition coefficient (Wildman–Crippen LogP) is 2.16. The highest BCUT2D eigenvalue weighted by Gasteiger charge is 2.35. The second-order valence-corrected chi connectivity index (χ2v) is 7.44. The number of anilines is 1. The number of amides is 3. The fourth-order valence-electron chi connectivity index (χ4n) is 3.08. The van der Waals surface area contributed by atoms with Crippen LogP contribution in [-0.2, 0) is 23.1 Å². The van der Waals surface area contributed by atoms with E-state index >= 15 is 0 Å². The van der Waals surface area contributed by atoms with Crippen molar-refractivity contribution < 1.29 is 14.4 Å². The molecule has 0 bridgehead atoms.